The van der Waals surface area contributed by atoms with Crippen LogP contribution in [-0.4, -0.2) is 33.5 Å². The average Bonchev–Trinajstić information content (AvgIpc) is 3.22. The van der Waals surface area contributed by atoms with Crippen LogP contribution in [0.2, 0.25) is 0 Å². The van der Waals surface area contributed by atoms with Gasteiger partial charge in [-0.05, 0) is 44.1 Å². The minimum atomic E-state index is 0.742. The standard InChI is InChI=1S/C18H28N4OS2/c1-3-17-19-9-12-22(17)11-5-4-8-20-18(24)21-10-13-25-14-16-7-6-15(2)23-16/h6-7,9,12H,3-5,8,10-11,13-14H2,1-2H3,(H2,20,21,24). The van der Waals surface area contributed by atoms with Gasteiger partial charge in [0.05, 0.1) is 5.75 Å². The number of nitrogens with zero attached hydrogens (tertiary/aromatic N) is 2. The average molecular weight is 381 g/mol. The molecule has 0 aliphatic carbocycles. The van der Waals surface area contributed by atoms with Crippen LogP contribution in [0.4, 0.5) is 0 Å². The Kier molecular flexibility index (Phi) is 8.90. The van der Waals surface area contributed by atoms with Crippen molar-refractivity contribution in [1.29, 1.82) is 0 Å². The number of hydrogen-bond donors (Lipinski definition) is 2. The molecule has 0 aliphatic heterocycles. The van der Waals surface area contributed by atoms with Crippen molar-refractivity contribution >= 4 is 29.1 Å². The SMILES string of the molecule is CCc1nccn1CCCCNC(=S)NCCSCc1ccc(C)o1. The van der Waals surface area contributed by atoms with Crippen molar-refractivity contribution in [1.82, 2.24) is 20.2 Å². The van der Waals surface area contributed by atoms with Crippen molar-refractivity contribution < 1.29 is 4.42 Å². The van der Waals surface area contributed by atoms with Crippen LogP contribution < -0.4 is 10.6 Å². The van der Waals surface area contributed by atoms with E-state index in [1.165, 1.54) is 0 Å². The van der Waals surface area contributed by atoms with E-state index in [1.807, 2.05) is 37.0 Å². The zero-order valence-corrected chi connectivity index (χ0v) is 16.7. The first-order valence-corrected chi connectivity index (χ1v) is 10.4. The van der Waals surface area contributed by atoms with E-state index in [0.29, 0.717) is 0 Å². The molecule has 0 aromatic carbocycles. The van der Waals surface area contributed by atoms with Gasteiger partial charge in [0.25, 0.3) is 0 Å². The molecule has 2 rings (SSSR count). The maximum Gasteiger partial charge on any atom is 0.166 e. The number of unbranched alkanes of at least 4 members (excludes halogenated alkanes) is 1. The first kappa shape index (κ1) is 19.8. The van der Waals surface area contributed by atoms with Crippen molar-refractivity contribution in [3.63, 3.8) is 0 Å². The topological polar surface area (TPSA) is 55.0 Å². The maximum absolute atomic E-state index is 5.54. The van der Waals surface area contributed by atoms with E-state index in [0.717, 1.165) is 72.9 Å². The third-order valence-electron chi connectivity index (χ3n) is 3.80. The molecule has 0 saturated heterocycles. The normalized spacial score (nSPS) is 10.8. The summed E-state index contributed by atoms with van der Waals surface area (Å²) in [5.74, 6) is 5.07. The molecular weight excluding hydrogens is 352 g/mol. The predicted octanol–water partition coefficient (Wildman–Crippen LogP) is 3.52. The lowest BCUT2D eigenvalue weighted by molar-refractivity contribution is 0.501. The molecule has 2 aromatic rings. The Morgan fingerprint density at radius 2 is 2.12 bits per heavy atom. The Morgan fingerprint density at radius 3 is 2.88 bits per heavy atom. The van der Waals surface area contributed by atoms with Crippen LogP contribution in [0.25, 0.3) is 0 Å². The second-order valence-corrected chi connectivity index (χ2v) is 7.36. The predicted molar refractivity (Wildman–Crippen MR) is 109 cm³/mol. The molecule has 2 heterocycles. The Balaban J connectivity index is 1.44. The summed E-state index contributed by atoms with van der Waals surface area (Å²) >= 11 is 7.15. The number of hydrogen-bond acceptors (Lipinski definition) is 4. The molecule has 0 bridgehead atoms. The first-order chi connectivity index (χ1) is 12.2. The molecule has 7 heteroatoms. The van der Waals surface area contributed by atoms with Gasteiger partial charge in [-0.3, -0.25) is 0 Å². The van der Waals surface area contributed by atoms with Gasteiger partial charge in [-0.25, -0.2) is 4.98 Å². The summed E-state index contributed by atoms with van der Waals surface area (Å²) in [6, 6.07) is 4.04. The van der Waals surface area contributed by atoms with E-state index in [2.05, 4.69) is 33.3 Å². The lowest BCUT2D eigenvalue weighted by atomic mass is 10.3. The van der Waals surface area contributed by atoms with Crippen LogP contribution in [0.15, 0.2) is 28.9 Å². The summed E-state index contributed by atoms with van der Waals surface area (Å²) in [4.78, 5) is 4.34. The number of furan rings is 1. The minimum Gasteiger partial charge on any atom is -0.466 e. The van der Waals surface area contributed by atoms with Gasteiger partial charge in [-0.1, -0.05) is 6.92 Å². The fraction of sp³-hybridized carbons (Fsp3) is 0.556. The highest BCUT2D eigenvalue weighted by Crippen LogP contribution is 2.14. The summed E-state index contributed by atoms with van der Waals surface area (Å²) < 4.78 is 7.77. The highest BCUT2D eigenvalue weighted by molar-refractivity contribution is 7.98. The molecule has 0 unspecified atom stereocenters. The molecule has 0 amide bonds. The smallest absolute Gasteiger partial charge is 0.166 e. The van der Waals surface area contributed by atoms with E-state index in [4.69, 9.17) is 16.6 Å². The maximum atomic E-state index is 5.54. The second kappa shape index (κ2) is 11.2. The Hall–Kier alpha value is -1.47. The van der Waals surface area contributed by atoms with Crippen molar-refractivity contribution in [2.75, 3.05) is 18.8 Å². The monoisotopic (exact) mass is 380 g/mol. The summed E-state index contributed by atoms with van der Waals surface area (Å²) in [7, 11) is 0. The van der Waals surface area contributed by atoms with E-state index < -0.39 is 0 Å². The second-order valence-electron chi connectivity index (χ2n) is 5.85. The van der Waals surface area contributed by atoms with Crippen molar-refractivity contribution in [2.45, 2.75) is 45.4 Å². The van der Waals surface area contributed by atoms with Gasteiger partial charge < -0.3 is 19.6 Å². The minimum absolute atomic E-state index is 0.742. The van der Waals surface area contributed by atoms with Crippen LogP contribution in [0.3, 0.4) is 0 Å². The Morgan fingerprint density at radius 1 is 1.28 bits per heavy atom. The number of aryl methyl sites for hydroxylation is 3. The van der Waals surface area contributed by atoms with Crippen molar-refractivity contribution in [3.8, 4) is 0 Å². The largest absolute Gasteiger partial charge is 0.466 e. The van der Waals surface area contributed by atoms with E-state index in [1.54, 1.807) is 0 Å². The molecule has 0 fully saturated rings. The molecule has 25 heavy (non-hydrogen) atoms. The molecule has 5 nitrogen and oxygen atoms in total. The molecule has 2 aromatic heterocycles. The van der Waals surface area contributed by atoms with E-state index >= 15 is 0 Å². The van der Waals surface area contributed by atoms with Gasteiger partial charge in [0, 0.05) is 44.2 Å². The molecular formula is C18H28N4OS2. The van der Waals surface area contributed by atoms with Crippen LogP contribution >= 0.6 is 24.0 Å². The number of thiocarbonyl (C=S) groups is 1. The molecule has 0 aliphatic rings. The molecule has 0 radical (unpaired) electrons. The summed E-state index contributed by atoms with van der Waals surface area (Å²) in [6.45, 7) is 6.90. The van der Waals surface area contributed by atoms with E-state index in [9.17, 15) is 0 Å². The quantitative estimate of drug-likeness (QED) is 0.459. The summed E-state index contributed by atoms with van der Waals surface area (Å²) in [5.41, 5.74) is 0. The van der Waals surface area contributed by atoms with Gasteiger partial charge in [-0.15, -0.1) is 0 Å². The van der Waals surface area contributed by atoms with Crippen LogP contribution in [-0.2, 0) is 18.7 Å². The fourth-order valence-electron chi connectivity index (χ4n) is 2.50. The lowest BCUT2D eigenvalue weighted by Crippen LogP contribution is -2.37. The highest BCUT2D eigenvalue weighted by atomic mass is 32.2. The van der Waals surface area contributed by atoms with Gasteiger partial charge in [-0.2, -0.15) is 11.8 Å². The number of imidazole rings is 1. The van der Waals surface area contributed by atoms with Gasteiger partial charge in [0.15, 0.2) is 5.11 Å². The number of rotatable bonds is 11. The zero-order valence-electron chi connectivity index (χ0n) is 15.1. The first-order valence-electron chi connectivity index (χ1n) is 8.83. The summed E-state index contributed by atoms with van der Waals surface area (Å²) in [5, 5.41) is 7.26. The van der Waals surface area contributed by atoms with Gasteiger partial charge in [0.2, 0.25) is 0 Å². The highest BCUT2D eigenvalue weighted by Gasteiger charge is 2.01. The molecule has 2 N–H and O–H groups in total. The Labute approximate surface area is 160 Å². The summed E-state index contributed by atoms with van der Waals surface area (Å²) in [6.07, 6.45) is 7.13. The number of aromatic nitrogens is 2. The molecule has 0 saturated carbocycles. The van der Waals surface area contributed by atoms with Gasteiger partial charge in [0.1, 0.15) is 17.3 Å². The molecule has 138 valence electrons. The van der Waals surface area contributed by atoms with Crippen LogP contribution in [0.1, 0.15) is 37.1 Å². The van der Waals surface area contributed by atoms with Crippen molar-refractivity contribution in [2.24, 2.45) is 0 Å². The van der Waals surface area contributed by atoms with Crippen molar-refractivity contribution in [3.05, 3.63) is 41.9 Å². The third kappa shape index (κ3) is 7.52. The van der Waals surface area contributed by atoms with E-state index in [-0.39, 0.29) is 0 Å². The van der Waals surface area contributed by atoms with Gasteiger partial charge >= 0.3 is 0 Å². The fourth-order valence-corrected chi connectivity index (χ4v) is 3.45. The Bertz CT molecular complexity index is 639. The molecule has 0 spiro atoms. The van der Waals surface area contributed by atoms with Crippen LogP contribution in [0, 0.1) is 6.92 Å². The molecule has 0 atom stereocenters. The third-order valence-corrected chi connectivity index (χ3v) is 5.07. The zero-order chi connectivity index (χ0) is 17.9. The lowest BCUT2D eigenvalue weighted by Gasteiger charge is -2.11. The number of thioether (sulfide) groups is 1. The van der Waals surface area contributed by atoms with Crippen LogP contribution in [0.5, 0.6) is 0 Å². The number of nitrogens with one attached hydrogen (secondary N) is 2.